The van der Waals surface area contributed by atoms with E-state index in [-0.39, 0.29) is 5.91 Å². The average molecular weight is 281 g/mol. The van der Waals surface area contributed by atoms with Gasteiger partial charge in [0.15, 0.2) is 0 Å². The van der Waals surface area contributed by atoms with Crippen LogP contribution in [0.4, 0.5) is 11.5 Å². The lowest BCUT2D eigenvalue weighted by Gasteiger charge is -2.09. The van der Waals surface area contributed by atoms with Gasteiger partial charge in [-0.2, -0.15) is 0 Å². The van der Waals surface area contributed by atoms with Gasteiger partial charge in [-0.15, -0.1) is 0 Å². The minimum absolute atomic E-state index is 0.176. The molecular formula is C17H19N3O. The Hall–Kier alpha value is -2.62. The molecule has 4 heteroatoms. The Bertz CT molecular complexity index is 604. The normalized spacial score (nSPS) is 10.8. The van der Waals surface area contributed by atoms with Gasteiger partial charge in [0.25, 0.3) is 0 Å². The molecule has 1 heterocycles. The van der Waals surface area contributed by atoms with Crippen molar-refractivity contribution in [2.45, 2.75) is 19.9 Å². The second-order valence-electron chi connectivity index (χ2n) is 4.96. The van der Waals surface area contributed by atoms with Crippen molar-refractivity contribution < 1.29 is 4.79 Å². The number of benzene rings is 1. The highest BCUT2D eigenvalue weighted by Gasteiger charge is 2.00. The van der Waals surface area contributed by atoms with E-state index in [4.69, 9.17) is 0 Å². The van der Waals surface area contributed by atoms with E-state index in [1.54, 1.807) is 12.3 Å². The van der Waals surface area contributed by atoms with Crippen molar-refractivity contribution in [3.63, 3.8) is 0 Å². The zero-order chi connectivity index (χ0) is 15.1. The van der Waals surface area contributed by atoms with Crippen LogP contribution in [0.2, 0.25) is 0 Å². The third kappa shape index (κ3) is 5.10. The maximum Gasteiger partial charge on any atom is 0.248 e. The first kappa shape index (κ1) is 14.8. The standard InChI is InChI=1S/C17H19N3O/c1-13(2)19-16-10-9-15(12-18-16)20-17(21)11-8-14-6-4-3-5-7-14/h3-13H,1-2H3,(H,18,19)(H,20,21)/b11-8+. The highest BCUT2D eigenvalue weighted by molar-refractivity contribution is 6.01. The van der Waals surface area contributed by atoms with Crippen LogP contribution in [0.25, 0.3) is 6.08 Å². The van der Waals surface area contributed by atoms with Gasteiger partial charge in [-0.3, -0.25) is 4.79 Å². The van der Waals surface area contributed by atoms with Crippen LogP contribution in [0, 0.1) is 0 Å². The van der Waals surface area contributed by atoms with Gasteiger partial charge in [-0.1, -0.05) is 30.3 Å². The molecule has 0 atom stereocenters. The van der Waals surface area contributed by atoms with Crippen molar-refractivity contribution in [3.8, 4) is 0 Å². The van der Waals surface area contributed by atoms with Gasteiger partial charge < -0.3 is 10.6 Å². The average Bonchev–Trinajstić information content (AvgIpc) is 2.48. The van der Waals surface area contributed by atoms with E-state index >= 15 is 0 Å². The number of carbonyl (C=O) groups excluding carboxylic acids is 1. The predicted molar refractivity (Wildman–Crippen MR) is 87.1 cm³/mol. The molecular weight excluding hydrogens is 262 g/mol. The molecule has 21 heavy (non-hydrogen) atoms. The van der Waals surface area contributed by atoms with Gasteiger partial charge in [0.05, 0.1) is 11.9 Å². The van der Waals surface area contributed by atoms with Gasteiger partial charge in [0.1, 0.15) is 5.82 Å². The quantitative estimate of drug-likeness (QED) is 0.824. The maximum absolute atomic E-state index is 11.8. The lowest BCUT2D eigenvalue weighted by molar-refractivity contribution is -0.111. The molecule has 1 aromatic carbocycles. The molecule has 0 saturated carbocycles. The SMILES string of the molecule is CC(C)Nc1ccc(NC(=O)/C=C/c2ccccc2)cn1. The van der Waals surface area contributed by atoms with Gasteiger partial charge in [0.2, 0.25) is 5.91 Å². The number of nitrogens with zero attached hydrogens (tertiary/aromatic N) is 1. The van der Waals surface area contributed by atoms with Crippen LogP contribution in [0.5, 0.6) is 0 Å². The molecule has 2 N–H and O–H groups in total. The molecule has 0 aliphatic heterocycles. The molecule has 0 radical (unpaired) electrons. The highest BCUT2D eigenvalue weighted by Crippen LogP contribution is 2.10. The summed E-state index contributed by atoms with van der Waals surface area (Å²) in [6.45, 7) is 4.09. The monoisotopic (exact) mass is 281 g/mol. The zero-order valence-electron chi connectivity index (χ0n) is 12.2. The molecule has 1 aromatic heterocycles. The molecule has 0 fully saturated rings. The molecule has 2 rings (SSSR count). The second-order valence-corrected chi connectivity index (χ2v) is 4.96. The van der Waals surface area contributed by atoms with Crippen molar-refractivity contribution in [2.24, 2.45) is 0 Å². The van der Waals surface area contributed by atoms with Crippen molar-refractivity contribution in [1.29, 1.82) is 0 Å². The number of nitrogens with one attached hydrogen (secondary N) is 2. The Balaban J connectivity index is 1.92. The van der Waals surface area contributed by atoms with E-state index in [0.717, 1.165) is 11.4 Å². The highest BCUT2D eigenvalue weighted by atomic mass is 16.1. The minimum atomic E-state index is -0.176. The van der Waals surface area contributed by atoms with Gasteiger partial charge in [-0.25, -0.2) is 4.98 Å². The van der Waals surface area contributed by atoms with Gasteiger partial charge in [0, 0.05) is 12.1 Å². The first-order valence-corrected chi connectivity index (χ1v) is 6.90. The van der Waals surface area contributed by atoms with Crippen LogP contribution in [0.3, 0.4) is 0 Å². The van der Waals surface area contributed by atoms with Gasteiger partial charge in [-0.05, 0) is 37.6 Å². The molecule has 108 valence electrons. The first-order valence-electron chi connectivity index (χ1n) is 6.90. The summed E-state index contributed by atoms with van der Waals surface area (Å²) in [5.41, 5.74) is 1.66. The van der Waals surface area contributed by atoms with Crippen LogP contribution in [-0.2, 0) is 4.79 Å². The summed E-state index contributed by atoms with van der Waals surface area (Å²) in [6, 6.07) is 13.7. The molecule has 0 unspecified atom stereocenters. The Morgan fingerprint density at radius 2 is 1.90 bits per heavy atom. The number of carbonyl (C=O) groups is 1. The molecule has 0 aliphatic carbocycles. The van der Waals surface area contributed by atoms with Crippen molar-refractivity contribution in [1.82, 2.24) is 4.98 Å². The zero-order valence-corrected chi connectivity index (χ0v) is 12.2. The predicted octanol–water partition coefficient (Wildman–Crippen LogP) is 3.55. The number of anilines is 2. The van der Waals surface area contributed by atoms with E-state index in [2.05, 4.69) is 15.6 Å². The van der Waals surface area contributed by atoms with E-state index in [9.17, 15) is 4.79 Å². The molecule has 1 amide bonds. The Morgan fingerprint density at radius 3 is 2.52 bits per heavy atom. The van der Waals surface area contributed by atoms with Crippen LogP contribution in [-0.4, -0.2) is 16.9 Å². The van der Waals surface area contributed by atoms with E-state index in [1.807, 2.05) is 56.3 Å². The largest absolute Gasteiger partial charge is 0.368 e. The van der Waals surface area contributed by atoms with E-state index < -0.39 is 0 Å². The maximum atomic E-state index is 11.8. The topological polar surface area (TPSA) is 54.0 Å². The Labute approximate surface area is 124 Å². The van der Waals surface area contributed by atoms with E-state index in [0.29, 0.717) is 11.7 Å². The lowest BCUT2D eigenvalue weighted by Crippen LogP contribution is -2.12. The number of hydrogen-bond donors (Lipinski definition) is 2. The minimum Gasteiger partial charge on any atom is -0.368 e. The second kappa shape index (κ2) is 7.24. The lowest BCUT2D eigenvalue weighted by atomic mass is 10.2. The summed E-state index contributed by atoms with van der Waals surface area (Å²) in [4.78, 5) is 16.0. The number of amides is 1. The summed E-state index contributed by atoms with van der Waals surface area (Å²) in [5, 5.41) is 5.97. The van der Waals surface area contributed by atoms with E-state index in [1.165, 1.54) is 6.08 Å². The fourth-order valence-corrected chi connectivity index (χ4v) is 1.77. The third-order valence-corrected chi connectivity index (χ3v) is 2.69. The fraction of sp³-hybridized carbons (Fsp3) is 0.176. The third-order valence-electron chi connectivity index (χ3n) is 2.69. The molecule has 2 aromatic rings. The fourth-order valence-electron chi connectivity index (χ4n) is 1.77. The number of pyridine rings is 1. The molecule has 0 spiro atoms. The van der Waals surface area contributed by atoms with Crippen molar-refractivity contribution in [3.05, 3.63) is 60.3 Å². The smallest absolute Gasteiger partial charge is 0.248 e. The Kier molecular flexibility index (Phi) is 5.10. The summed E-state index contributed by atoms with van der Waals surface area (Å²) in [6.07, 6.45) is 4.92. The molecule has 0 aliphatic rings. The molecule has 0 bridgehead atoms. The summed E-state index contributed by atoms with van der Waals surface area (Å²) in [5.74, 6) is 0.619. The summed E-state index contributed by atoms with van der Waals surface area (Å²) >= 11 is 0. The van der Waals surface area contributed by atoms with Crippen molar-refractivity contribution in [2.75, 3.05) is 10.6 Å². The number of aromatic nitrogens is 1. The number of hydrogen-bond acceptors (Lipinski definition) is 3. The van der Waals surface area contributed by atoms with Crippen LogP contribution >= 0.6 is 0 Å². The van der Waals surface area contributed by atoms with Crippen LogP contribution in [0.1, 0.15) is 19.4 Å². The Morgan fingerprint density at radius 1 is 1.14 bits per heavy atom. The van der Waals surface area contributed by atoms with Crippen LogP contribution in [0.15, 0.2) is 54.7 Å². The van der Waals surface area contributed by atoms with Crippen molar-refractivity contribution >= 4 is 23.5 Å². The van der Waals surface area contributed by atoms with Crippen LogP contribution < -0.4 is 10.6 Å². The number of rotatable bonds is 5. The van der Waals surface area contributed by atoms with Gasteiger partial charge >= 0.3 is 0 Å². The molecule has 0 saturated heterocycles. The summed E-state index contributed by atoms with van der Waals surface area (Å²) < 4.78 is 0. The first-order chi connectivity index (χ1) is 10.1. The molecule has 4 nitrogen and oxygen atoms in total. The summed E-state index contributed by atoms with van der Waals surface area (Å²) in [7, 11) is 0.